The number of amides is 1. The summed E-state index contributed by atoms with van der Waals surface area (Å²) in [5, 5.41) is 2.68. The Morgan fingerprint density at radius 1 is 1.19 bits per heavy atom. The molecular weight excluding hydrogens is 266 g/mol. The number of benzene rings is 1. The highest BCUT2D eigenvalue weighted by Gasteiger charge is 2.09. The quantitative estimate of drug-likeness (QED) is 0.798. The first-order valence-electron chi connectivity index (χ1n) is 6.47. The second-order valence-electron chi connectivity index (χ2n) is 4.57. The first-order chi connectivity index (χ1) is 10.2. The first-order valence-corrected chi connectivity index (χ1v) is 6.47. The number of hydrogen-bond donors (Lipinski definition) is 1. The Labute approximate surface area is 121 Å². The number of carbonyl (C=O) groups is 1. The Morgan fingerprint density at radius 2 is 2.10 bits per heavy atom. The number of carbonyl (C=O) groups excluding carboxylic acids is 1. The molecule has 1 amide bonds. The summed E-state index contributed by atoms with van der Waals surface area (Å²) >= 11 is 0. The Morgan fingerprint density at radius 3 is 2.86 bits per heavy atom. The van der Waals surface area contributed by atoms with Gasteiger partial charge in [-0.05, 0) is 37.3 Å². The Balaban J connectivity index is 1.82. The molecule has 5 nitrogen and oxygen atoms in total. The highest BCUT2D eigenvalue weighted by molar-refractivity contribution is 6.03. The molecule has 0 fully saturated rings. The SMILES string of the molecule is Cc1cccc(C(=O)Nc2nccc(-c3ccco3)n2)c1. The lowest BCUT2D eigenvalue weighted by atomic mass is 10.1. The van der Waals surface area contributed by atoms with Gasteiger partial charge in [0.2, 0.25) is 5.95 Å². The molecule has 0 atom stereocenters. The highest BCUT2D eigenvalue weighted by Crippen LogP contribution is 2.18. The average molecular weight is 279 g/mol. The number of aromatic nitrogens is 2. The largest absolute Gasteiger partial charge is 0.463 e. The van der Waals surface area contributed by atoms with Crippen molar-refractivity contribution in [2.75, 3.05) is 5.32 Å². The summed E-state index contributed by atoms with van der Waals surface area (Å²) in [5.74, 6) is 0.633. The van der Waals surface area contributed by atoms with E-state index in [9.17, 15) is 4.79 Å². The Hall–Kier alpha value is -2.95. The van der Waals surface area contributed by atoms with Gasteiger partial charge in [-0.2, -0.15) is 0 Å². The number of aryl methyl sites for hydroxylation is 1. The van der Waals surface area contributed by atoms with Crippen LogP contribution in [0.4, 0.5) is 5.95 Å². The van der Waals surface area contributed by atoms with E-state index >= 15 is 0 Å². The van der Waals surface area contributed by atoms with E-state index in [-0.39, 0.29) is 11.9 Å². The molecule has 3 rings (SSSR count). The van der Waals surface area contributed by atoms with Crippen molar-refractivity contribution in [3.8, 4) is 11.5 Å². The molecule has 0 aliphatic heterocycles. The standard InChI is InChI=1S/C16H13N3O2/c1-11-4-2-5-12(10-11)15(20)19-16-17-8-7-13(18-16)14-6-3-9-21-14/h2-10H,1H3,(H,17,18,19,20). The van der Waals surface area contributed by atoms with Gasteiger partial charge < -0.3 is 4.42 Å². The van der Waals surface area contributed by atoms with E-state index in [0.717, 1.165) is 5.56 Å². The van der Waals surface area contributed by atoms with Gasteiger partial charge in [0.15, 0.2) is 5.76 Å². The van der Waals surface area contributed by atoms with Crippen LogP contribution in [0.15, 0.2) is 59.3 Å². The van der Waals surface area contributed by atoms with Crippen molar-refractivity contribution in [2.45, 2.75) is 6.92 Å². The predicted molar refractivity (Wildman–Crippen MR) is 78.9 cm³/mol. The van der Waals surface area contributed by atoms with Crippen LogP contribution in [0.3, 0.4) is 0 Å². The van der Waals surface area contributed by atoms with Crippen LogP contribution in [-0.4, -0.2) is 15.9 Å². The lowest BCUT2D eigenvalue weighted by molar-refractivity contribution is 0.102. The molecule has 0 spiro atoms. The van der Waals surface area contributed by atoms with Crippen molar-refractivity contribution >= 4 is 11.9 Å². The van der Waals surface area contributed by atoms with Crippen LogP contribution in [0.25, 0.3) is 11.5 Å². The van der Waals surface area contributed by atoms with Crippen LogP contribution in [0.1, 0.15) is 15.9 Å². The molecule has 0 unspecified atom stereocenters. The van der Waals surface area contributed by atoms with Gasteiger partial charge in [0.1, 0.15) is 5.69 Å². The van der Waals surface area contributed by atoms with Gasteiger partial charge in [-0.15, -0.1) is 0 Å². The third-order valence-electron chi connectivity index (χ3n) is 2.93. The number of rotatable bonds is 3. The molecule has 0 saturated carbocycles. The molecule has 21 heavy (non-hydrogen) atoms. The molecule has 3 aromatic rings. The topological polar surface area (TPSA) is 68.0 Å². The molecule has 0 bridgehead atoms. The molecule has 1 N–H and O–H groups in total. The highest BCUT2D eigenvalue weighted by atomic mass is 16.3. The molecular formula is C16H13N3O2. The minimum Gasteiger partial charge on any atom is -0.463 e. The summed E-state index contributed by atoms with van der Waals surface area (Å²) in [7, 11) is 0. The molecule has 2 heterocycles. The van der Waals surface area contributed by atoms with Gasteiger partial charge in [0.25, 0.3) is 5.91 Å². The van der Waals surface area contributed by atoms with Crippen molar-refractivity contribution in [1.29, 1.82) is 0 Å². The fourth-order valence-electron chi connectivity index (χ4n) is 1.94. The molecule has 1 aromatic carbocycles. The molecule has 104 valence electrons. The van der Waals surface area contributed by atoms with Crippen LogP contribution < -0.4 is 5.32 Å². The zero-order valence-electron chi connectivity index (χ0n) is 11.4. The summed E-state index contributed by atoms with van der Waals surface area (Å²) in [6, 6.07) is 12.6. The first kappa shape index (κ1) is 13.1. The smallest absolute Gasteiger partial charge is 0.258 e. The van der Waals surface area contributed by atoms with Gasteiger partial charge >= 0.3 is 0 Å². The number of nitrogens with zero attached hydrogens (tertiary/aromatic N) is 2. The van der Waals surface area contributed by atoms with Crippen LogP contribution in [0, 0.1) is 6.92 Å². The number of anilines is 1. The minimum atomic E-state index is -0.240. The predicted octanol–water partition coefficient (Wildman–Crippen LogP) is 3.30. The van der Waals surface area contributed by atoms with Crippen molar-refractivity contribution in [3.63, 3.8) is 0 Å². The summed E-state index contributed by atoms with van der Waals surface area (Å²) in [6.07, 6.45) is 3.15. The summed E-state index contributed by atoms with van der Waals surface area (Å²) < 4.78 is 5.28. The van der Waals surface area contributed by atoms with E-state index in [4.69, 9.17) is 4.42 Å². The van der Waals surface area contributed by atoms with Crippen LogP contribution in [0.5, 0.6) is 0 Å². The summed E-state index contributed by atoms with van der Waals surface area (Å²) in [6.45, 7) is 1.94. The van der Waals surface area contributed by atoms with E-state index in [1.54, 1.807) is 36.7 Å². The monoisotopic (exact) mass is 279 g/mol. The molecule has 0 saturated heterocycles. The van der Waals surface area contributed by atoms with Crippen molar-refractivity contribution in [3.05, 3.63) is 66.1 Å². The lowest BCUT2D eigenvalue weighted by Gasteiger charge is -2.05. The minimum absolute atomic E-state index is 0.240. The fraction of sp³-hybridized carbons (Fsp3) is 0.0625. The van der Waals surface area contributed by atoms with E-state index in [2.05, 4.69) is 15.3 Å². The fourth-order valence-corrected chi connectivity index (χ4v) is 1.94. The van der Waals surface area contributed by atoms with Gasteiger partial charge in [-0.3, -0.25) is 10.1 Å². The van der Waals surface area contributed by atoms with Crippen LogP contribution >= 0.6 is 0 Å². The van der Waals surface area contributed by atoms with E-state index in [1.807, 2.05) is 25.1 Å². The summed E-state index contributed by atoms with van der Waals surface area (Å²) in [4.78, 5) is 20.5. The molecule has 2 aromatic heterocycles. The third kappa shape index (κ3) is 2.97. The maximum absolute atomic E-state index is 12.1. The van der Waals surface area contributed by atoms with E-state index in [0.29, 0.717) is 17.0 Å². The number of nitrogens with one attached hydrogen (secondary N) is 1. The van der Waals surface area contributed by atoms with Crippen molar-refractivity contribution in [2.24, 2.45) is 0 Å². The van der Waals surface area contributed by atoms with E-state index in [1.165, 1.54) is 0 Å². The van der Waals surface area contributed by atoms with Gasteiger partial charge in [0.05, 0.1) is 6.26 Å². The summed E-state index contributed by atoms with van der Waals surface area (Å²) in [5.41, 5.74) is 2.21. The second-order valence-corrected chi connectivity index (χ2v) is 4.57. The maximum atomic E-state index is 12.1. The normalized spacial score (nSPS) is 10.3. The van der Waals surface area contributed by atoms with Gasteiger partial charge in [0, 0.05) is 11.8 Å². The zero-order chi connectivity index (χ0) is 14.7. The average Bonchev–Trinajstić information content (AvgIpc) is 3.02. The zero-order valence-corrected chi connectivity index (χ0v) is 11.4. The molecule has 0 radical (unpaired) electrons. The van der Waals surface area contributed by atoms with Crippen molar-refractivity contribution < 1.29 is 9.21 Å². The Bertz CT molecular complexity index is 767. The number of furan rings is 1. The Kier molecular flexibility index (Phi) is 3.47. The third-order valence-corrected chi connectivity index (χ3v) is 2.93. The molecule has 5 heteroatoms. The van der Waals surface area contributed by atoms with Gasteiger partial charge in [-0.1, -0.05) is 17.7 Å². The van der Waals surface area contributed by atoms with Crippen molar-refractivity contribution in [1.82, 2.24) is 9.97 Å². The molecule has 0 aliphatic carbocycles. The maximum Gasteiger partial charge on any atom is 0.258 e. The molecule has 0 aliphatic rings. The van der Waals surface area contributed by atoms with Gasteiger partial charge in [-0.25, -0.2) is 9.97 Å². The van der Waals surface area contributed by atoms with E-state index < -0.39 is 0 Å². The van der Waals surface area contributed by atoms with Crippen LogP contribution in [0.2, 0.25) is 0 Å². The number of hydrogen-bond acceptors (Lipinski definition) is 4. The van der Waals surface area contributed by atoms with Crippen LogP contribution in [-0.2, 0) is 0 Å². The second kappa shape index (κ2) is 5.58. The lowest BCUT2D eigenvalue weighted by Crippen LogP contribution is -2.14.